The van der Waals surface area contributed by atoms with Crippen LogP contribution in [-0.2, 0) is 11.2 Å². The Morgan fingerprint density at radius 3 is 2.76 bits per heavy atom. The molecule has 1 heterocycles. The Labute approximate surface area is 124 Å². The monoisotopic (exact) mass is 285 g/mol. The van der Waals surface area contributed by atoms with E-state index in [0.29, 0.717) is 23.8 Å². The predicted octanol–water partition coefficient (Wildman–Crippen LogP) is 3.89. The summed E-state index contributed by atoms with van der Waals surface area (Å²) in [4.78, 5) is 11.9. The Morgan fingerprint density at radius 2 is 2.05 bits per heavy atom. The van der Waals surface area contributed by atoms with Gasteiger partial charge in [-0.05, 0) is 37.3 Å². The number of carbonyl (C=O) groups is 1. The molecule has 0 aliphatic carbocycles. The van der Waals surface area contributed by atoms with Crippen molar-refractivity contribution in [3.05, 3.63) is 54.0 Å². The van der Waals surface area contributed by atoms with Crippen LogP contribution in [0.4, 0.5) is 5.69 Å². The van der Waals surface area contributed by atoms with Crippen molar-refractivity contribution in [2.24, 2.45) is 0 Å². The molecule has 1 amide bonds. The van der Waals surface area contributed by atoms with E-state index in [2.05, 4.69) is 5.32 Å². The number of anilines is 1. The number of para-hydroxylation sites is 2. The van der Waals surface area contributed by atoms with Gasteiger partial charge < -0.3 is 14.5 Å². The summed E-state index contributed by atoms with van der Waals surface area (Å²) in [6.07, 6.45) is 3.93. The van der Waals surface area contributed by atoms with E-state index in [1.54, 1.807) is 12.1 Å². The lowest BCUT2D eigenvalue weighted by atomic mass is 10.3. The van der Waals surface area contributed by atoms with Crippen molar-refractivity contribution in [1.82, 2.24) is 0 Å². The van der Waals surface area contributed by atoms with Gasteiger partial charge in [-0.15, -0.1) is 0 Å². The van der Waals surface area contributed by atoms with Crippen LogP contribution in [0.15, 0.2) is 46.9 Å². The van der Waals surface area contributed by atoms with E-state index in [4.69, 9.17) is 9.15 Å². The first-order valence-electron chi connectivity index (χ1n) is 7.02. The molecule has 1 N–H and O–H groups in total. The van der Waals surface area contributed by atoms with E-state index in [1.807, 2.05) is 44.2 Å². The van der Waals surface area contributed by atoms with Crippen LogP contribution in [0.2, 0.25) is 0 Å². The molecule has 0 saturated heterocycles. The number of carbonyl (C=O) groups excluding carboxylic acids is 1. The number of nitrogens with one attached hydrogen (secondary N) is 1. The zero-order valence-corrected chi connectivity index (χ0v) is 12.3. The molecule has 0 radical (unpaired) electrons. The second-order valence-electron chi connectivity index (χ2n) is 4.41. The smallest absolute Gasteiger partial charge is 0.248 e. The Kier molecular flexibility index (Phi) is 5.21. The molecule has 4 nitrogen and oxygen atoms in total. The molecule has 0 spiro atoms. The van der Waals surface area contributed by atoms with Crippen molar-refractivity contribution in [1.29, 1.82) is 0 Å². The minimum absolute atomic E-state index is 0.225. The highest BCUT2D eigenvalue weighted by Gasteiger charge is 2.05. The van der Waals surface area contributed by atoms with Crippen molar-refractivity contribution in [3.8, 4) is 5.75 Å². The van der Waals surface area contributed by atoms with Crippen molar-refractivity contribution in [2.45, 2.75) is 20.3 Å². The van der Waals surface area contributed by atoms with Gasteiger partial charge in [-0.2, -0.15) is 0 Å². The fraction of sp³-hybridized carbons (Fsp3) is 0.235. The van der Waals surface area contributed by atoms with Gasteiger partial charge in [-0.3, -0.25) is 4.79 Å². The van der Waals surface area contributed by atoms with Gasteiger partial charge in [0, 0.05) is 12.5 Å². The fourth-order valence-corrected chi connectivity index (χ4v) is 1.86. The molecule has 0 aliphatic rings. The summed E-state index contributed by atoms with van der Waals surface area (Å²) in [6.45, 7) is 4.47. The summed E-state index contributed by atoms with van der Waals surface area (Å²) in [7, 11) is 0. The Morgan fingerprint density at radius 1 is 1.24 bits per heavy atom. The van der Waals surface area contributed by atoms with Gasteiger partial charge in [-0.25, -0.2) is 0 Å². The number of hydrogen-bond donors (Lipinski definition) is 1. The van der Waals surface area contributed by atoms with Crippen LogP contribution >= 0.6 is 0 Å². The standard InChI is InChI=1S/C17H19NO3/c1-3-13-9-10-14(21-13)11-12-17(19)18-15-7-5-6-8-16(15)20-4-2/h5-12H,3-4H2,1-2H3,(H,18,19). The van der Waals surface area contributed by atoms with Crippen LogP contribution in [-0.4, -0.2) is 12.5 Å². The maximum Gasteiger partial charge on any atom is 0.248 e. The molecule has 110 valence electrons. The van der Waals surface area contributed by atoms with Gasteiger partial charge in [0.1, 0.15) is 17.3 Å². The first kappa shape index (κ1) is 14.9. The maximum atomic E-state index is 11.9. The predicted molar refractivity (Wildman–Crippen MR) is 83.4 cm³/mol. The highest BCUT2D eigenvalue weighted by Crippen LogP contribution is 2.23. The molecule has 1 aromatic heterocycles. The second kappa shape index (κ2) is 7.33. The Balaban J connectivity index is 2.01. The lowest BCUT2D eigenvalue weighted by molar-refractivity contribution is -0.111. The Bertz CT molecular complexity index is 628. The van der Waals surface area contributed by atoms with Gasteiger partial charge in [0.2, 0.25) is 5.91 Å². The summed E-state index contributed by atoms with van der Waals surface area (Å²) < 4.78 is 11.0. The van der Waals surface area contributed by atoms with Crippen LogP contribution in [0.1, 0.15) is 25.4 Å². The average molecular weight is 285 g/mol. The van der Waals surface area contributed by atoms with E-state index in [0.717, 1.165) is 12.2 Å². The third-order valence-corrected chi connectivity index (χ3v) is 2.87. The molecule has 2 rings (SSSR count). The SMILES string of the molecule is CCOc1ccccc1NC(=O)C=Cc1ccc(CC)o1. The second-order valence-corrected chi connectivity index (χ2v) is 4.41. The van der Waals surface area contributed by atoms with Crippen molar-refractivity contribution < 1.29 is 13.9 Å². The molecule has 21 heavy (non-hydrogen) atoms. The van der Waals surface area contributed by atoms with Gasteiger partial charge in [0.25, 0.3) is 0 Å². The molecule has 1 aromatic carbocycles. The van der Waals surface area contributed by atoms with Gasteiger partial charge in [0.05, 0.1) is 12.3 Å². The third-order valence-electron chi connectivity index (χ3n) is 2.87. The maximum absolute atomic E-state index is 11.9. The summed E-state index contributed by atoms with van der Waals surface area (Å²) >= 11 is 0. The van der Waals surface area contributed by atoms with E-state index < -0.39 is 0 Å². The molecule has 0 unspecified atom stereocenters. The number of furan rings is 1. The van der Waals surface area contributed by atoms with Crippen molar-refractivity contribution >= 4 is 17.7 Å². The lowest BCUT2D eigenvalue weighted by Crippen LogP contribution is -2.09. The highest BCUT2D eigenvalue weighted by molar-refractivity contribution is 6.02. The number of aryl methyl sites for hydroxylation is 1. The van der Waals surface area contributed by atoms with E-state index >= 15 is 0 Å². The fourth-order valence-electron chi connectivity index (χ4n) is 1.86. The topological polar surface area (TPSA) is 51.5 Å². The van der Waals surface area contributed by atoms with Crippen LogP contribution < -0.4 is 10.1 Å². The molecule has 2 aromatic rings. The minimum Gasteiger partial charge on any atom is -0.492 e. The number of hydrogen-bond acceptors (Lipinski definition) is 3. The number of amides is 1. The third kappa shape index (κ3) is 4.24. The van der Waals surface area contributed by atoms with E-state index in [9.17, 15) is 4.79 Å². The average Bonchev–Trinajstić information content (AvgIpc) is 2.95. The van der Waals surface area contributed by atoms with Gasteiger partial charge in [0.15, 0.2) is 0 Å². The summed E-state index contributed by atoms with van der Waals surface area (Å²) in [5, 5.41) is 2.79. The van der Waals surface area contributed by atoms with Crippen molar-refractivity contribution in [2.75, 3.05) is 11.9 Å². The molecular formula is C17H19NO3. The lowest BCUT2D eigenvalue weighted by Gasteiger charge is -2.09. The molecule has 0 saturated carbocycles. The molecule has 0 fully saturated rings. The Hall–Kier alpha value is -2.49. The molecular weight excluding hydrogens is 266 g/mol. The van der Waals surface area contributed by atoms with Crippen LogP contribution in [0.3, 0.4) is 0 Å². The minimum atomic E-state index is -0.225. The van der Waals surface area contributed by atoms with Crippen molar-refractivity contribution in [3.63, 3.8) is 0 Å². The number of benzene rings is 1. The first-order valence-corrected chi connectivity index (χ1v) is 7.02. The largest absolute Gasteiger partial charge is 0.492 e. The van der Waals surface area contributed by atoms with E-state index in [-0.39, 0.29) is 5.91 Å². The quantitative estimate of drug-likeness (QED) is 0.819. The first-order chi connectivity index (χ1) is 10.2. The normalized spacial score (nSPS) is 10.8. The zero-order valence-electron chi connectivity index (χ0n) is 12.3. The molecule has 4 heteroatoms. The summed E-state index contributed by atoms with van der Waals surface area (Å²) in [6, 6.07) is 11.1. The highest BCUT2D eigenvalue weighted by atomic mass is 16.5. The zero-order chi connectivity index (χ0) is 15.1. The number of rotatable bonds is 6. The van der Waals surface area contributed by atoms with Crippen LogP contribution in [0.25, 0.3) is 6.08 Å². The molecule has 0 aliphatic heterocycles. The van der Waals surface area contributed by atoms with Gasteiger partial charge in [-0.1, -0.05) is 19.1 Å². The van der Waals surface area contributed by atoms with Crippen LogP contribution in [0.5, 0.6) is 5.75 Å². The molecule has 0 bridgehead atoms. The van der Waals surface area contributed by atoms with Crippen LogP contribution in [0, 0.1) is 0 Å². The van der Waals surface area contributed by atoms with Gasteiger partial charge >= 0.3 is 0 Å². The molecule has 0 atom stereocenters. The van der Waals surface area contributed by atoms with E-state index in [1.165, 1.54) is 6.08 Å². The number of ether oxygens (including phenoxy) is 1. The summed E-state index contributed by atoms with van der Waals surface area (Å²) in [5.41, 5.74) is 0.655. The summed E-state index contributed by atoms with van der Waals surface area (Å²) in [5.74, 6) is 2.00.